The van der Waals surface area contributed by atoms with Gasteiger partial charge in [-0.3, -0.25) is 0 Å². The lowest BCUT2D eigenvalue weighted by Gasteiger charge is -2.23. The molecule has 1 aliphatic heterocycles. The maximum absolute atomic E-state index is 6.37. The minimum atomic E-state index is -1.61. The van der Waals surface area contributed by atoms with Gasteiger partial charge in [-0.25, -0.2) is 0 Å². The normalized spacial score (nSPS) is 11.7. The second kappa shape index (κ2) is 27.4. The molecule has 0 spiro atoms. The Hall–Kier alpha value is -6.13. The lowest BCUT2D eigenvalue weighted by Crippen LogP contribution is -2.04. The number of benzene rings is 10. The topological polar surface area (TPSA) is 81.7 Å². The largest absolute Gasteiger partial charge is 0.427 e. The van der Waals surface area contributed by atoms with E-state index in [0.717, 1.165) is 129 Å². The summed E-state index contributed by atoms with van der Waals surface area (Å²) in [6.07, 6.45) is 0.800. The summed E-state index contributed by atoms with van der Waals surface area (Å²) < 4.78 is 46.0. The van der Waals surface area contributed by atoms with Crippen molar-refractivity contribution in [1.29, 1.82) is 0 Å². The first-order valence-corrected chi connectivity index (χ1v) is 33.3. The van der Waals surface area contributed by atoms with Crippen LogP contribution in [0, 0.1) is 41.5 Å². The van der Waals surface area contributed by atoms with E-state index >= 15 is 0 Å². The molecule has 12 rings (SSSR count). The summed E-state index contributed by atoms with van der Waals surface area (Å²) in [5, 5.41) is 6.35. The SMILES string of the molecule is Cc1cccc2c1OP(Cl)Oc1c(C)cccc1C2.Cc1cccc2c1op(Cl)oc1c(C)cccc12.Cc1ccccc1OP(Cl)Oc1ccccc1C.ClP(Oc1cccc2ccccc12)Oc1cccc2ccccc12. The van der Waals surface area contributed by atoms with Gasteiger partial charge in [0.15, 0.2) is 0 Å². The van der Waals surface area contributed by atoms with Crippen LogP contribution in [0.15, 0.2) is 215 Å². The number of fused-ring (bicyclic) bond motifs is 7. The molecule has 0 amide bonds. The third-order valence-electron chi connectivity index (χ3n) is 12.7. The molecule has 0 radical (unpaired) electrons. The zero-order valence-corrected chi connectivity index (χ0v) is 50.5. The Morgan fingerprint density at radius 3 is 1.11 bits per heavy atom. The molecule has 0 saturated heterocycles. The fraction of sp³-hybridized carbons (Fsp3) is 0.111. The number of halogens is 4. The second-order valence-electron chi connectivity index (χ2n) is 18.3. The average Bonchev–Trinajstić information content (AvgIpc) is 3.62. The highest BCUT2D eigenvalue weighted by molar-refractivity contribution is 7.77. The van der Waals surface area contributed by atoms with Gasteiger partial charge in [0.2, 0.25) is 0 Å². The Kier molecular flexibility index (Phi) is 19.9. The van der Waals surface area contributed by atoms with E-state index in [2.05, 4.69) is 12.1 Å². The Bertz CT molecular complexity index is 3680. The summed E-state index contributed by atoms with van der Waals surface area (Å²) in [6, 6.07) is 67.8. The molecule has 0 N–H and O–H groups in total. The van der Waals surface area contributed by atoms with E-state index in [0.29, 0.717) is 0 Å². The molecule has 16 heteroatoms. The Morgan fingerprint density at radius 1 is 0.354 bits per heavy atom. The molecule has 0 saturated carbocycles. The van der Waals surface area contributed by atoms with Crippen LogP contribution in [0.1, 0.15) is 44.5 Å². The van der Waals surface area contributed by atoms with Gasteiger partial charge in [-0.1, -0.05) is 182 Å². The van der Waals surface area contributed by atoms with Crippen LogP contribution in [0.4, 0.5) is 0 Å². The van der Waals surface area contributed by atoms with E-state index in [1.165, 1.54) is 0 Å². The molecule has 10 aromatic carbocycles. The van der Waals surface area contributed by atoms with Gasteiger partial charge in [0, 0.05) is 39.2 Å². The third kappa shape index (κ3) is 14.8. The highest BCUT2D eigenvalue weighted by Gasteiger charge is 2.23. The van der Waals surface area contributed by atoms with Crippen LogP contribution in [0.2, 0.25) is 0 Å². The van der Waals surface area contributed by atoms with E-state index in [-0.39, 0.29) is 0 Å². The summed E-state index contributed by atoms with van der Waals surface area (Å²) in [5.74, 6) is 4.69. The van der Waals surface area contributed by atoms with Crippen molar-refractivity contribution in [2.45, 2.75) is 48.0 Å². The zero-order chi connectivity index (χ0) is 55.4. The first-order valence-electron chi connectivity index (χ1n) is 25.0. The summed E-state index contributed by atoms with van der Waals surface area (Å²) in [5.41, 5.74) is 10.4. The van der Waals surface area contributed by atoms with E-state index < -0.39 is 30.6 Å². The molecule has 0 unspecified atom stereocenters. The van der Waals surface area contributed by atoms with Crippen LogP contribution in [0.5, 0.6) is 34.5 Å². The van der Waals surface area contributed by atoms with E-state index in [1.54, 1.807) is 0 Å². The van der Waals surface area contributed by atoms with Crippen molar-refractivity contribution >= 4 is 119 Å². The molecular formula is C63H54Cl4O8P4. The van der Waals surface area contributed by atoms with Crippen LogP contribution in [0.3, 0.4) is 0 Å². The molecule has 2 heterocycles. The number of hydrogen-bond acceptors (Lipinski definition) is 8. The molecule has 0 atom stereocenters. The molecule has 0 aliphatic carbocycles. The lowest BCUT2D eigenvalue weighted by molar-refractivity contribution is 0.490. The van der Waals surface area contributed by atoms with Crippen LogP contribution in [-0.2, 0) is 6.42 Å². The molecule has 402 valence electrons. The van der Waals surface area contributed by atoms with E-state index in [1.807, 2.05) is 236 Å². The van der Waals surface area contributed by atoms with Gasteiger partial charge in [-0.15, -0.1) is 0 Å². The predicted octanol–water partition coefficient (Wildman–Crippen LogP) is 23.2. The smallest absolute Gasteiger partial charge is 0.401 e. The molecule has 0 fully saturated rings. The lowest BCUT2D eigenvalue weighted by atomic mass is 9.99. The molecular weight excluding hydrogens is 1150 g/mol. The van der Waals surface area contributed by atoms with Gasteiger partial charge in [0.05, 0.1) is 0 Å². The maximum Gasteiger partial charge on any atom is 0.401 e. The highest BCUT2D eigenvalue weighted by Crippen LogP contribution is 2.51. The van der Waals surface area contributed by atoms with Crippen molar-refractivity contribution in [3.63, 3.8) is 0 Å². The molecule has 79 heavy (non-hydrogen) atoms. The fourth-order valence-corrected chi connectivity index (χ4v) is 13.5. The van der Waals surface area contributed by atoms with Crippen LogP contribution in [0.25, 0.3) is 43.5 Å². The second-order valence-corrected chi connectivity index (χ2v) is 24.7. The van der Waals surface area contributed by atoms with Crippen molar-refractivity contribution in [3.05, 3.63) is 251 Å². The quantitative estimate of drug-likeness (QED) is 0.139. The van der Waals surface area contributed by atoms with Crippen molar-refractivity contribution in [1.82, 2.24) is 0 Å². The summed E-state index contributed by atoms with van der Waals surface area (Å²) in [6.45, 7) is 12.0. The Balaban J connectivity index is 0.000000129. The number of aryl methyl sites for hydroxylation is 6. The van der Waals surface area contributed by atoms with Crippen LogP contribution < -0.4 is 27.1 Å². The van der Waals surface area contributed by atoms with Crippen molar-refractivity contribution in [2.75, 3.05) is 0 Å². The number of para-hydroxylation sites is 6. The number of hydrogen-bond donors (Lipinski definition) is 0. The minimum Gasteiger partial charge on any atom is -0.427 e. The standard InChI is InChI=1S/C20H14ClO2P.C15H14ClO2P.C14H12ClO2P.C14H14ClO2P/c21-24(22-19-13-5-9-15-7-1-3-11-17(15)19)23-20-14-6-10-16-8-2-4-12-18(16)20;1-10-5-3-7-12-9-13-8-4-6-11(2)15(13)18-19(16)17-14(10)12;1-9-5-3-7-11-12-8-4-6-10(2)14(12)17-18(15)16-13(9)11;1-11-7-3-5-9-13(11)16-18(15)17-14-10-6-4-8-12(14)2/h1-14H;3-8H,9H2,1-2H3;3-8H,1-2H3;3-10H,1-2H3. The number of rotatable bonds is 8. The van der Waals surface area contributed by atoms with Crippen LogP contribution in [-0.4, -0.2) is 0 Å². The highest BCUT2D eigenvalue weighted by atomic mass is 35.7. The third-order valence-corrected chi connectivity index (χ3v) is 17.0. The van der Waals surface area contributed by atoms with Crippen LogP contribution >= 0.6 is 75.5 Å². The monoisotopic (exact) mass is 1200 g/mol. The zero-order valence-electron chi connectivity index (χ0n) is 43.9. The predicted molar refractivity (Wildman–Crippen MR) is 335 cm³/mol. The summed E-state index contributed by atoms with van der Waals surface area (Å²) in [4.78, 5) is 0. The Labute approximate surface area is 484 Å². The van der Waals surface area contributed by atoms with Crippen molar-refractivity contribution in [3.8, 4) is 34.5 Å². The molecule has 0 bridgehead atoms. The maximum atomic E-state index is 6.37. The molecule has 8 nitrogen and oxygen atoms in total. The van der Waals surface area contributed by atoms with Gasteiger partial charge in [0.1, 0.15) is 45.7 Å². The average molecular weight is 1200 g/mol. The fourth-order valence-electron chi connectivity index (χ4n) is 8.68. The minimum absolute atomic E-state index is 0.731. The first kappa shape index (κ1) is 57.6. The van der Waals surface area contributed by atoms with Crippen molar-refractivity contribution in [2.24, 2.45) is 0 Å². The molecule has 11 aromatic rings. The van der Waals surface area contributed by atoms with Gasteiger partial charge < -0.3 is 35.5 Å². The summed E-state index contributed by atoms with van der Waals surface area (Å²) in [7, 11) is -6.02. The summed E-state index contributed by atoms with van der Waals surface area (Å²) >= 11 is 24.8. The van der Waals surface area contributed by atoms with Gasteiger partial charge >= 0.3 is 30.6 Å². The van der Waals surface area contributed by atoms with E-state index in [9.17, 15) is 0 Å². The Morgan fingerprint density at radius 2 is 0.671 bits per heavy atom. The van der Waals surface area contributed by atoms with Crippen molar-refractivity contribution < 1.29 is 35.5 Å². The molecule has 1 aromatic heterocycles. The van der Waals surface area contributed by atoms with Gasteiger partial charge in [0.25, 0.3) is 0 Å². The van der Waals surface area contributed by atoms with Gasteiger partial charge in [-0.05, 0) is 155 Å². The molecule has 1 aliphatic rings. The van der Waals surface area contributed by atoms with E-state index in [4.69, 9.17) is 80.5 Å². The van der Waals surface area contributed by atoms with Gasteiger partial charge in [-0.2, -0.15) is 0 Å². The first-order chi connectivity index (χ1) is 38.3.